The van der Waals surface area contributed by atoms with E-state index in [9.17, 15) is 4.79 Å². The average Bonchev–Trinajstić information content (AvgIpc) is 2.77. The monoisotopic (exact) mass is 387 g/mol. The Labute approximate surface area is 173 Å². The van der Waals surface area contributed by atoms with E-state index >= 15 is 0 Å². The van der Waals surface area contributed by atoms with Crippen LogP contribution in [0.1, 0.15) is 55.1 Å². The fraction of sp³-hybridized carbons (Fsp3) is 0.360. The molecule has 3 aromatic rings. The molecule has 150 valence electrons. The van der Waals surface area contributed by atoms with Crippen molar-refractivity contribution in [2.24, 2.45) is 5.92 Å². The Kier molecular flexibility index (Phi) is 5.79. The number of nitrogens with zero attached hydrogens (tertiary/aromatic N) is 2. The molecule has 2 heterocycles. The fourth-order valence-electron chi connectivity index (χ4n) is 4.09. The SMILES string of the molecule is CCC(NC(=O)c1cc(N2CCC(C)CC2)nc2ccccc12)c1ccccc1. The largest absolute Gasteiger partial charge is 0.357 e. The van der Waals surface area contributed by atoms with Gasteiger partial charge in [-0.1, -0.05) is 62.4 Å². The molecule has 1 aliphatic heterocycles. The van der Waals surface area contributed by atoms with Crippen molar-refractivity contribution in [1.29, 1.82) is 0 Å². The number of nitrogens with one attached hydrogen (secondary N) is 1. The van der Waals surface area contributed by atoms with Gasteiger partial charge in [-0.2, -0.15) is 0 Å². The van der Waals surface area contributed by atoms with E-state index in [4.69, 9.17) is 4.98 Å². The van der Waals surface area contributed by atoms with Crippen LogP contribution in [0.15, 0.2) is 60.7 Å². The Morgan fingerprint density at radius 2 is 1.79 bits per heavy atom. The van der Waals surface area contributed by atoms with Crippen LogP contribution in [0.25, 0.3) is 10.9 Å². The third-order valence-electron chi connectivity index (χ3n) is 5.97. The highest BCUT2D eigenvalue weighted by atomic mass is 16.1. The molecule has 1 unspecified atom stereocenters. The summed E-state index contributed by atoms with van der Waals surface area (Å²) in [5, 5.41) is 4.15. The van der Waals surface area contributed by atoms with Crippen molar-refractivity contribution in [2.75, 3.05) is 18.0 Å². The second kappa shape index (κ2) is 8.64. The van der Waals surface area contributed by atoms with E-state index in [2.05, 4.69) is 36.2 Å². The number of carbonyl (C=O) groups is 1. The van der Waals surface area contributed by atoms with Gasteiger partial charge in [0.2, 0.25) is 0 Å². The molecular formula is C25H29N3O. The number of rotatable bonds is 5. The van der Waals surface area contributed by atoms with Crippen LogP contribution < -0.4 is 10.2 Å². The van der Waals surface area contributed by atoms with Gasteiger partial charge in [0, 0.05) is 18.5 Å². The van der Waals surface area contributed by atoms with Gasteiger partial charge in [0.15, 0.2) is 0 Å². The lowest BCUT2D eigenvalue weighted by Crippen LogP contribution is -2.34. The summed E-state index contributed by atoms with van der Waals surface area (Å²) in [5.41, 5.74) is 2.71. The van der Waals surface area contributed by atoms with E-state index in [1.165, 1.54) is 12.8 Å². The zero-order valence-electron chi connectivity index (χ0n) is 17.3. The van der Waals surface area contributed by atoms with Gasteiger partial charge in [0.25, 0.3) is 5.91 Å². The van der Waals surface area contributed by atoms with Crippen LogP contribution in [0.2, 0.25) is 0 Å². The zero-order valence-corrected chi connectivity index (χ0v) is 17.3. The highest BCUT2D eigenvalue weighted by Gasteiger charge is 2.21. The summed E-state index contributed by atoms with van der Waals surface area (Å²) in [6, 6.07) is 20.1. The predicted octanol–water partition coefficient (Wildman–Crippen LogP) is 5.35. The van der Waals surface area contributed by atoms with Crippen molar-refractivity contribution in [1.82, 2.24) is 10.3 Å². The molecule has 0 saturated carbocycles. The Morgan fingerprint density at radius 1 is 1.10 bits per heavy atom. The van der Waals surface area contributed by atoms with E-state index in [0.717, 1.165) is 47.7 Å². The van der Waals surface area contributed by atoms with Gasteiger partial charge in [-0.25, -0.2) is 4.98 Å². The molecule has 0 radical (unpaired) electrons. The molecule has 2 aromatic carbocycles. The number of carbonyl (C=O) groups excluding carboxylic acids is 1. The van der Waals surface area contributed by atoms with Crippen molar-refractivity contribution in [2.45, 2.75) is 39.2 Å². The number of para-hydroxylation sites is 1. The number of aromatic nitrogens is 1. The number of hydrogen-bond donors (Lipinski definition) is 1. The van der Waals surface area contributed by atoms with Gasteiger partial charge in [0.05, 0.1) is 17.1 Å². The molecule has 29 heavy (non-hydrogen) atoms. The minimum atomic E-state index is -0.0362. The Bertz CT molecular complexity index is 978. The van der Waals surface area contributed by atoms with Crippen molar-refractivity contribution < 1.29 is 4.79 Å². The summed E-state index contributed by atoms with van der Waals surface area (Å²) < 4.78 is 0. The molecular weight excluding hydrogens is 358 g/mol. The van der Waals surface area contributed by atoms with Gasteiger partial charge in [-0.15, -0.1) is 0 Å². The maximum absolute atomic E-state index is 13.3. The van der Waals surface area contributed by atoms with Gasteiger partial charge >= 0.3 is 0 Å². The highest BCUT2D eigenvalue weighted by molar-refractivity contribution is 6.07. The number of anilines is 1. The number of amides is 1. The Morgan fingerprint density at radius 3 is 2.52 bits per heavy atom. The summed E-state index contributed by atoms with van der Waals surface area (Å²) in [6.07, 6.45) is 3.18. The van der Waals surface area contributed by atoms with Crippen LogP contribution in [0.3, 0.4) is 0 Å². The molecule has 1 aromatic heterocycles. The molecule has 1 N–H and O–H groups in total. The van der Waals surface area contributed by atoms with E-state index in [1.807, 2.05) is 48.5 Å². The maximum Gasteiger partial charge on any atom is 0.252 e. The molecule has 0 bridgehead atoms. The molecule has 0 spiro atoms. The molecule has 0 aliphatic carbocycles. The van der Waals surface area contributed by atoms with Crippen LogP contribution in [0, 0.1) is 5.92 Å². The van der Waals surface area contributed by atoms with Gasteiger partial charge in [-0.3, -0.25) is 4.79 Å². The number of hydrogen-bond acceptors (Lipinski definition) is 3. The highest BCUT2D eigenvalue weighted by Crippen LogP contribution is 2.27. The minimum Gasteiger partial charge on any atom is -0.357 e. The number of piperidine rings is 1. The molecule has 4 rings (SSSR count). The van der Waals surface area contributed by atoms with Crippen molar-refractivity contribution >= 4 is 22.6 Å². The first-order chi connectivity index (χ1) is 14.2. The van der Waals surface area contributed by atoms with Crippen molar-refractivity contribution in [3.8, 4) is 0 Å². The van der Waals surface area contributed by atoms with Crippen molar-refractivity contribution in [3.63, 3.8) is 0 Å². The molecule has 4 heteroatoms. The second-order valence-corrected chi connectivity index (χ2v) is 8.06. The molecule has 4 nitrogen and oxygen atoms in total. The van der Waals surface area contributed by atoms with Gasteiger partial charge < -0.3 is 10.2 Å². The molecule has 1 atom stereocenters. The van der Waals surface area contributed by atoms with E-state index in [0.29, 0.717) is 5.56 Å². The van der Waals surface area contributed by atoms with E-state index < -0.39 is 0 Å². The lowest BCUT2D eigenvalue weighted by Gasteiger charge is -2.31. The number of benzene rings is 2. The molecule has 1 saturated heterocycles. The summed E-state index contributed by atoms with van der Waals surface area (Å²) >= 11 is 0. The van der Waals surface area contributed by atoms with Crippen LogP contribution in [-0.4, -0.2) is 24.0 Å². The van der Waals surface area contributed by atoms with Crippen LogP contribution in [-0.2, 0) is 0 Å². The standard InChI is InChI=1S/C25H29N3O/c1-3-22(19-9-5-4-6-10-19)27-25(29)21-17-24(28-15-13-18(2)14-16-28)26-23-12-8-7-11-20(21)23/h4-12,17-18,22H,3,13-16H2,1-2H3,(H,27,29). The molecule has 1 aliphatic rings. The number of pyridine rings is 1. The fourth-order valence-corrected chi connectivity index (χ4v) is 4.09. The quantitative estimate of drug-likeness (QED) is 0.642. The summed E-state index contributed by atoms with van der Waals surface area (Å²) in [4.78, 5) is 20.5. The van der Waals surface area contributed by atoms with E-state index in [1.54, 1.807) is 0 Å². The summed E-state index contributed by atoms with van der Waals surface area (Å²) in [6.45, 7) is 6.39. The topological polar surface area (TPSA) is 45.2 Å². The summed E-state index contributed by atoms with van der Waals surface area (Å²) in [5.74, 6) is 1.63. The Balaban J connectivity index is 1.67. The zero-order chi connectivity index (χ0) is 20.2. The predicted molar refractivity (Wildman–Crippen MR) is 119 cm³/mol. The second-order valence-electron chi connectivity index (χ2n) is 8.06. The smallest absolute Gasteiger partial charge is 0.252 e. The lowest BCUT2D eigenvalue weighted by atomic mass is 9.99. The average molecular weight is 388 g/mol. The van der Waals surface area contributed by atoms with Crippen molar-refractivity contribution in [3.05, 3.63) is 71.8 Å². The lowest BCUT2D eigenvalue weighted by molar-refractivity contribution is 0.0937. The first kappa shape index (κ1) is 19.4. The molecule has 1 amide bonds. The van der Waals surface area contributed by atoms with Gasteiger partial charge in [0.1, 0.15) is 5.82 Å². The first-order valence-electron chi connectivity index (χ1n) is 10.7. The Hall–Kier alpha value is -2.88. The minimum absolute atomic E-state index is 0.00471. The third-order valence-corrected chi connectivity index (χ3v) is 5.97. The maximum atomic E-state index is 13.3. The first-order valence-corrected chi connectivity index (χ1v) is 10.7. The number of fused-ring (bicyclic) bond motifs is 1. The van der Waals surface area contributed by atoms with Crippen LogP contribution in [0.5, 0.6) is 0 Å². The van der Waals surface area contributed by atoms with Gasteiger partial charge in [-0.05, 0) is 42.9 Å². The third kappa shape index (κ3) is 4.26. The normalized spacial score (nSPS) is 16.0. The summed E-state index contributed by atoms with van der Waals surface area (Å²) in [7, 11) is 0. The van der Waals surface area contributed by atoms with Crippen LogP contribution in [0.4, 0.5) is 5.82 Å². The van der Waals surface area contributed by atoms with Crippen LogP contribution >= 0.6 is 0 Å². The van der Waals surface area contributed by atoms with E-state index in [-0.39, 0.29) is 11.9 Å². The molecule has 1 fully saturated rings.